The summed E-state index contributed by atoms with van der Waals surface area (Å²) in [6.45, 7) is 13.4. The van der Waals surface area contributed by atoms with Gasteiger partial charge < -0.3 is 24.8 Å². The van der Waals surface area contributed by atoms with Crippen LogP contribution in [0.2, 0.25) is 5.02 Å². The molecule has 3 nitrogen and oxygen atoms in total. The van der Waals surface area contributed by atoms with Crippen LogP contribution in [0, 0.1) is 13.8 Å². The largest absolute Gasteiger partial charge is 2.00 e. The standard InChI is InChI=1S/C37H50ClN3.2ClH.V/c1-7-11-15-29-19-27(5)20-30(16-12-8-2)36(29)39-25-34-23-33(38)24-35(41-34)26-40-37-31(17-13-9-3)21-28(6)22-32(37)18-14-10-4;;;/h19-26H,7-18H2,1-6H3;2*1H;/q;;;+2/p-2. The van der Waals surface area contributed by atoms with Gasteiger partial charge in [0.1, 0.15) is 0 Å². The van der Waals surface area contributed by atoms with Crippen LogP contribution in [0.15, 0.2) is 46.4 Å². The van der Waals surface area contributed by atoms with Gasteiger partial charge in [-0.1, -0.05) is 100 Å². The van der Waals surface area contributed by atoms with Crippen LogP contribution >= 0.6 is 11.6 Å². The molecule has 0 amide bonds. The molecule has 239 valence electrons. The first kappa shape index (κ1) is 42.4. The number of unbranched alkanes of at least 4 members (excludes halogenated alkanes) is 4. The molecule has 0 saturated heterocycles. The van der Waals surface area contributed by atoms with Crippen LogP contribution in [0.4, 0.5) is 11.4 Å². The molecule has 1 heterocycles. The third-order valence-corrected chi connectivity index (χ3v) is 7.72. The third-order valence-electron chi connectivity index (χ3n) is 7.50. The van der Waals surface area contributed by atoms with Crippen molar-refractivity contribution in [1.29, 1.82) is 0 Å². The molecule has 0 fully saturated rings. The van der Waals surface area contributed by atoms with Crippen molar-refractivity contribution in [3.8, 4) is 0 Å². The number of pyridine rings is 1. The Morgan fingerprint density at radius 3 is 1.14 bits per heavy atom. The van der Waals surface area contributed by atoms with Crippen molar-refractivity contribution in [2.75, 3.05) is 0 Å². The van der Waals surface area contributed by atoms with E-state index in [4.69, 9.17) is 26.6 Å². The summed E-state index contributed by atoms with van der Waals surface area (Å²) < 4.78 is 0. The Hall–Kier alpha value is -1.62. The van der Waals surface area contributed by atoms with Gasteiger partial charge in [0, 0.05) is 5.02 Å². The zero-order valence-electron chi connectivity index (χ0n) is 27.5. The number of halogens is 3. The number of aryl methyl sites for hydroxylation is 6. The van der Waals surface area contributed by atoms with Gasteiger partial charge in [-0.3, -0.25) is 9.98 Å². The molecule has 0 aliphatic rings. The van der Waals surface area contributed by atoms with Gasteiger partial charge in [0.05, 0.1) is 35.2 Å². The van der Waals surface area contributed by atoms with Gasteiger partial charge in [0.15, 0.2) is 0 Å². The van der Waals surface area contributed by atoms with Crippen LogP contribution in [0.5, 0.6) is 0 Å². The monoisotopic (exact) mass is 692 g/mol. The minimum atomic E-state index is 0. The minimum Gasteiger partial charge on any atom is -1.00 e. The molecule has 0 atom stereocenters. The molecule has 0 bridgehead atoms. The van der Waals surface area contributed by atoms with E-state index in [9.17, 15) is 0 Å². The SMILES string of the molecule is CCCCc1cc(C)cc(CCCC)c1N=Cc1cc(Cl)cc(C=Nc2c(CCCC)cc(C)cc2CCCC)n1.[Cl-].[Cl-].[V+2]. The second kappa shape index (κ2) is 22.8. The summed E-state index contributed by atoms with van der Waals surface area (Å²) in [6.07, 6.45) is 17.3. The Bertz CT molecular complexity index is 1180. The van der Waals surface area contributed by atoms with Crippen molar-refractivity contribution in [3.63, 3.8) is 0 Å². The van der Waals surface area contributed by atoms with Crippen LogP contribution in [0.3, 0.4) is 0 Å². The van der Waals surface area contributed by atoms with E-state index < -0.39 is 0 Å². The summed E-state index contributed by atoms with van der Waals surface area (Å²) in [5.74, 6) is 0. The van der Waals surface area contributed by atoms with E-state index in [-0.39, 0.29) is 43.4 Å². The molecule has 0 aliphatic heterocycles. The second-order valence-electron chi connectivity index (χ2n) is 11.4. The quantitative estimate of drug-likeness (QED) is 0.190. The fraction of sp³-hybridized carbons (Fsp3) is 0.486. The molecule has 7 heteroatoms. The number of nitrogens with zero attached hydrogens (tertiary/aromatic N) is 3. The van der Waals surface area contributed by atoms with Crippen molar-refractivity contribution in [3.05, 3.63) is 86.2 Å². The van der Waals surface area contributed by atoms with Gasteiger partial charge >= 0.3 is 18.6 Å². The Morgan fingerprint density at radius 2 is 0.864 bits per heavy atom. The Labute approximate surface area is 296 Å². The van der Waals surface area contributed by atoms with E-state index in [0.717, 1.165) is 74.1 Å². The summed E-state index contributed by atoms with van der Waals surface area (Å²) in [6, 6.07) is 13.0. The van der Waals surface area contributed by atoms with Crippen molar-refractivity contribution >= 4 is 35.4 Å². The number of aliphatic imine (C=N–C) groups is 2. The number of hydrogen-bond acceptors (Lipinski definition) is 3. The van der Waals surface area contributed by atoms with Gasteiger partial charge in [0.25, 0.3) is 0 Å². The molecular weight excluding hydrogens is 644 g/mol. The molecule has 1 radical (unpaired) electrons. The smallest absolute Gasteiger partial charge is 1.00 e. The minimum absolute atomic E-state index is 0. The summed E-state index contributed by atoms with van der Waals surface area (Å²) in [5, 5.41) is 0.644. The summed E-state index contributed by atoms with van der Waals surface area (Å²) >= 11 is 6.59. The average Bonchev–Trinajstić information content (AvgIpc) is 2.95. The number of aromatic nitrogens is 1. The van der Waals surface area contributed by atoms with E-state index in [1.807, 2.05) is 24.6 Å². The zero-order chi connectivity index (χ0) is 29.6. The molecule has 0 spiro atoms. The van der Waals surface area contributed by atoms with Crippen molar-refractivity contribution < 1.29 is 43.4 Å². The van der Waals surface area contributed by atoms with Crippen LogP contribution in [0.25, 0.3) is 0 Å². The maximum atomic E-state index is 6.59. The van der Waals surface area contributed by atoms with Crippen LogP contribution in [-0.4, -0.2) is 17.4 Å². The second-order valence-corrected chi connectivity index (χ2v) is 11.9. The van der Waals surface area contributed by atoms with Gasteiger partial charge in [0.2, 0.25) is 0 Å². The van der Waals surface area contributed by atoms with Crippen molar-refractivity contribution in [2.45, 2.75) is 119 Å². The van der Waals surface area contributed by atoms with E-state index in [0.29, 0.717) is 5.02 Å². The predicted molar refractivity (Wildman–Crippen MR) is 181 cm³/mol. The summed E-state index contributed by atoms with van der Waals surface area (Å²) in [5.41, 5.74) is 11.7. The van der Waals surface area contributed by atoms with Gasteiger partial charge in [-0.25, -0.2) is 4.98 Å². The third kappa shape index (κ3) is 13.4. The van der Waals surface area contributed by atoms with Crippen molar-refractivity contribution in [1.82, 2.24) is 4.98 Å². The molecule has 3 aromatic rings. The van der Waals surface area contributed by atoms with E-state index in [1.165, 1.54) is 59.1 Å². The fourth-order valence-electron chi connectivity index (χ4n) is 5.36. The molecule has 44 heavy (non-hydrogen) atoms. The average molecular weight is 694 g/mol. The van der Waals surface area contributed by atoms with Crippen LogP contribution in [0.1, 0.15) is 124 Å². The molecule has 0 saturated carbocycles. The van der Waals surface area contributed by atoms with E-state index in [2.05, 4.69) is 65.8 Å². The first-order chi connectivity index (χ1) is 19.9. The number of benzene rings is 2. The Balaban J connectivity index is 0.00000616. The van der Waals surface area contributed by atoms with Gasteiger partial charge in [-0.2, -0.15) is 0 Å². The van der Waals surface area contributed by atoms with E-state index >= 15 is 0 Å². The molecular formula is C37H50Cl3N3V. The van der Waals surface area contributed by atoms with Gasteiger partial charge in [-0.05, 0) is 99.6 Å². The molecule has 0 N–H and O–H groups in total. The molecule has 0 unspecified atom stereocenters. The first-order valence-corrected chi connectivity index (χ1v) is 16.3. The molecule has 0 aliphatic carbocycles. The van der Waals surface area contributed by atoms with Crippen LogP contribution < -0.4 is 24.8 Å². The Kier molecular flexibility index (Phi) is 22.0. The zero-order valence-corrected chi connectivity index (χ0v) is 31.2. The van der Waals surface area contributed by atoms with Gasteiger partial charge in [-0.15, -0.1) is 0 Å². The van der Waals surface area contributed by atoms with E-state index in [1.54, 1.807) is 0 Å². The fourth-order valence-corrected chi connectivity index (χ4v) is 5.59. The maximum absolute atomic E-state index is 6.59. The van der Waals surface area contributed by atoms with Crippen LogP contribution in [-0.2, 0) is 44.2 Å². The molecule has 3 rings (SSSR count). The molecule has 2 aromatic carbocycles. The topological polar surface area (TPSA) is 37.6 Å². The predicted octanol–water partition coefficient (Wildman–Crippen LogP) is 5.23. The first-order valence-electron chi connectivity index (χ1n) is 15.9. The Morgan fingerprint density at radius 1 is 0.568 bits per heavy atom. The number of hydrogen-bond donors (Lipinski definition) is 0. The molecule has 1 aromatic heterocycles. The normalized spacial score (nSPS) is 11.0. The maximum Gasteiger partial charge on any atom is 2.00 e. The summed E-state index contributed by atoms with van der Waals surface area (Å²) in [4.78, 5) is 15.0. The number of rotatable bonds is 16. The summed E-state index contributed by atoms with van der Waals surface area (Å²) in [7, 11) is 0. The van der Waals surface area contributed by atoms with Crippen molar-refractivity contribution in [2.24, 2.45) is 9.98 Å².